The first-order valence-corrected chi connectivity index (χ1v) is 12.1. The number of likely N-dealkylation sites (tertiary alicyclic amines) is 2. The number of aryl methyl sites for hydroxylation is 1. The van der Waals surface area contributed by atoms with Gasteiger partial charge in [-0.3, -0.25) is 14.7 Å². The number of carbonyl (C=O) groups is 1. The summed E-state index contributed by atoms with van der Waals surface area (Å²) in [4.78, 5) is 21.7. The van der Waals surface area contributed by atoms with Gasteiger partial charge in [0.15, 0.2) is 0 Å². The number of hydrogen-bond donors (Lipinski definition) is 0. The van der Waals surface area contributed by atoms with Crippen molar-refractivity contribution in [2.24, 2.45) is 5.41 Å². The van der Waals surface area contributed by atoms with Gasteiger partial charge in [0.2, 0.25) is 0 Å². The summed E-state index contributed by atoms with van der Waals surface area (Å²) in [5, 5.41) is 0. The van der Waals surface area contributed by atoms with Crippen molar-refractivity contribution in [3.8, 4) is 5.75 Å². The maximum absolute atomic E-state index is 13.0. The monoisotopic (exact) mass is 433 g/mol. The second kappa shape index (κ2) is 8.18. The van der Waals surface area contributed by atoms with Gasteiger partial charge in [-0.05, 0) is 82.2 Å². The lowest BCUT2D eigenvalue weighted by Crippen LogP contribution is -2.48. The van der Waals surface area contributed by atoms with Crippen molar-refractivity contribution >= 4 is 5.91 Å². The second-order valence-corrected chi connectivity index (χ2v) is 10.7. The average molecular weight is 434 g/mol. The molecule has 0 atom stereocenters. The zero-order valence-electron chi connectivity index (χ0n) is 19.7. The van der Waals surface area contributed by atoms with E-state index in [1.807, 2.05) is 17.9 Å². The number of nitrogens with zero attached hydrogens (tertiary/aromatic N) is 3. The normalized spacial score (nSPS) is 21.9. The van der Waals surface area contributed by atoms with Gasteiger partial charge in [0.25, 0.3) is 5.91 Å². The standard InChI is InChI=1S/C27H35N3O2/c1-20-18-28-12-7-23(20)25(31)30-15-10-27(11-16-30)8-13-29(14-9-27)19-22-6-4-5-21-17-26(2,3)32-24(21)22/h4-7,12,18H,8-11,13-17,19H2,1-3H3. The minimum atomic E-state index is -0.0927. The molecule has 5 rings (SSSR count). The van der Waals surface area contributed by atoms with Crippen LogP contribution in [-0.2, 0) is 13.0 Å². The Morgan fingerprint density at radius 3 is 2.50 bits per heavy atom. The summed E-state index contributed by atoms with van der Waals surface area (Å²) in [5.74, 6) is 1.29. The third kappa shape index (κ3) is 4.15. The summed E-state index contributed by atoms with van der Waals surface area (Å²) in [7, 11) is 0. The number of amides is 1. The Labute approximate surface area is 191 Å². The number of para-hydroxylation sites is 1. The highest BCUT2D eigenvalue weighted by Crippen LogP contribution is 2.43. The van der Waals surface area contributed by atoms with Crippen molar-refractivity contribution in [3.63, 3.8) is 0 Å². The van der Waals surface area contributed by atoms with Gasteiger partial charge in [0.05, 0.1) is 0 Å². The van der Waals surface area contributed by atoms with Crippen LogP contribution in [0.5, 0.6) is 5.75 Å². The van der Waals surface area contributed by atoms with Crippen LogP contribution in [-0.4, -0.2) is 52.5 Å². The van der Waals surface area contributed by atoms with Crippen LogP contribution < -0.4 is 4.74 Å². The Morgan fingerprint density at radius 1 is 1.06 bits per heavy atom. The molecule has 2 saturated heterocycles. The van der Waals surface area contributed by atoms with Gasteiger partial charge < -0.3 is 9.64 Å². The zero-order chi connectivity index (χ0) is 22.3. The molecule has 0 N–H and O–H groups in total. The van der Waals surface area contributed by atoms with Crippen molar-refractivity contribution in [1.29, 1.82) is 0 Å². The number of benzene rings is 1. The van der Waals surface area contributed by atoms with Crippen molar-refractivity contribution in [2.75, 3.05) is 26.2 Å². The Bertz CT molecular complexity index is 998. The second-order valence-electron chi connectivity index (χ2n) is 10.7. The number of ether oxygens (including phenoxy) is 1. The van der Waals surface area contributed by atoms with Gasteiger partial charge >= 0.3 is 0 Å². The molecule has 1 aromatic carbocycles. The first-order chi connectivity index (χ1) is 15.3. The van der Waals surface area contributed by atoms with Crippen LogP contribution in [0.15, 0.2) is 36.7 Å². The summed E-state index contributed by atoms with van der Waals surface area (Å²) >= 11 is 0. The number of carbonyl (C=O) groups excluding carboxylic acids is 1. The predicted octanol–water partition coefficient (Wildman–Crippen LogP) is 4.62. The van der Waals surface area contributed by atoms with Gasteiger partial charge in [-0.2, -0.15) is 0 Å². The molecular weight excluding hydrogens is 398 g/mol. The van der Waals surface area contributed by atoms with E-state index >= 15 is 0 Å². The Morgan fingerprint density at radius 2 is 1.78 bits per heavy atom. The largest absolute Gasteiger partial charge is 0.487 e. The number of fused-ring (bicyclic) bond motifs is 1. The van der Waals surface area contributed by atoms with E-state index in [4.69, 9.17) is 4.74 Å². The summed E-state index contributed by atoms with van der Waals surface area (Å²) in [6, 6.07) is 8.48. The third-order valence-corrected chi connectivity index (χ3v) is 7.85. The molecular formula is C27H35N3O2. The first-order valence-electron chi connectivity index (χ1n) is 12.1. The lowest BCUT2D eigenvalue weighted by Gasteiger charge is -2.47. The maximum atomic E-state index is 13.0. The van der Waals surface area contributed by atoms with Gasteiger partial charge in [-0.15, -0.1) is 0 Å². The van der Waals surface area contributed by atoms with E-state index < -0.39 is 0 Å². The van der Waals surface area contributed by atoms with Crippen molar-refractivity contribution in [1.82, 2.24) is 14.8 Å². The van der Waals surface area contributed by atoms with Crippen LogP contribution in [0.25, 0.3) is 0 Å². The molecule has 5 heteroatoms. The molecule has 0 saturated carbocycles. The molecule has 2 fully saturated rings. The lowest BCUT2D eigenvalue weighted by molar-refractivity contribution is 0.0282. The summed E-state index contributed by atoms with van der Waals surface area (Å²) < 4.78 is 6.29. The Kier molecular flexibility index (Phi) is 5.48. The molecule has 1 amide bonds. The topological polar surface area (TPSA) is 45.7 Å². The van der Waals surface area contributed by atoms with E-state index in [0.717, 1.165) is 68.9 Å². The lowest BCUT2D eigenvalue weighted by atomic mass is 9.71. The van der Waals surface area contributed by atoms with Crippen molar-refractivity contribution < 1.29 is 9.53 Å². The van der Waals surface area contributed by atoms with Gasteiger partial charge in [-0.25, -0.2) is 0 Å². The molecule has 3 aliphatic rings. The van der Waals surface area contributed by atoms with E-state index in [1.54, 1.807) is 12.4 Å². The molecule has 1 spiro atoms. The van der Waals surface area contributed by atoms with E-state index in [9.17, 15) is 4.79 Å². The number of rotatable bonds is 3. The smallest absolute Gasteiger partial charge is 0.254 e. The average Bonchev–Trinajstić information content (AvgIpc) is 3.11. The van der Waals surface area contributed by atoms with Crippen molar-refractivity contribution in [2.45, 2.75) is 65.0 Å². The summed E-state index contributed by atoms with van der Waals surface area (Å²) in [6.07, 6.45) is 9.18. The minimum Gasteiger partial charge on any atom is -0.487 e. The van der Waals surface area contributed by atoms with Crippen LogP contribution in [0.1, 0.15) is 66.6 Å². The molecule has 2 aromatic rings. The van der Waals surface area contributed by atoms with Crippen LogP contribution in [0.2, 0.25) is 0 Å². The fourth-order valence-electron chi connectivity index (χ4n) is 5.80. The highest BCUT2D eigenvalue weighted by atomic mass is 16.5. The van der Waals surface area contributed by atoms with Gasteiger partial charge in [0.1, 0.15) is 11.4 Å². The summed E-state index contributed by atoms with van der Waals surface area (Å²) in [6.45, 7) is 11.3. The molecule has 0 bridgehead atoms. The Balaban J connectivity index is 1.17. The van der Waals surface area contributed by atoms with E-state index in [1.165, 1.54) is 24.0 Å². The summed E-state index contributed by atoms with van der Waals surface area (Å²) in [5.41, 5.74) is 4.75. The molecule has 170 valence electrons. The zero-order valence-corrected chi connectivity index (χ0v) is 19.7. The number of aromatic nitrogens is 1. The SMILES string of the molecule is Cc1cnccc1C(=O)N1CCC2(CCN(Cc3cccc4c3OC(C)(C)C4)CC2)CC1. The molecule has 0 aliphatic carbocycles. The molecule has 0 unspecified atom stereocenters. The maximum Gasteiger partial charge on any atom is 0.254 e. The van der Waals surface area contributed by atoms with Crippen LogP contribution in [0.3, 0.4) is 0 Å². The molecule has 32 heavy (non-hydrogen) atoms. The highest BCUT2D eigenvalue weighted by molar-refractivity contribution is 5.95. The minimum absolute atomic E-state index is 0.0927. The fraction of sp³-hybridized carbons (Fsp3) is 0.556. The highest BCUT2D eigenvalue weighted by Gasteiger charge is 2.39. The Hall–Kier alpha value is -2.40. The fourth-order valence-corrected chi connectivity index (χ4v) is 5.80. The molecule has 5 nitrogen and oxygen atoms in total. The van der Waals surface area contributed by atoms with Crippen LogP contribution in [0, 0.1) is 12.3 Å². The first kappa shape index (κ1) is 21.4. The van der Waals surface area contributed by atoms with E-state index in [-0.39, 0.29) is 11.5 Å². The number of pyridine rings is 1. The quantitative estimate of drug-likeness (QED) is 0.708. The molecule has 1 aromatic heterocycles. The van der Waals surface area contributed by atoms with E-state index in [2.05, 4.69) is 41.9 Å². The predicted molar refractivity (Wildman–Crippen MR) is 126 cm³/mol. The number of piperidine rings is 2. The van der Waals surface area contributed by atoms with Crippen molar-refractivity contribution in [3.05, 3.63) is 58.9 Å². The van der Waals surface area contributed by atoms with Crippen LogP contribution >= 0.6 is 0 Å². The van der Waals surface area contributed by atoms with Gasteiger partial charge in [-0.1, -0.05) is 18.2 Å². The van der Waals surface area contributed by atoms with Crippen LogP contribution in [0.4, 0.5) is 0 Å². The number of hydrogen-bond acceptors (Lipinski definition) is 4. The molecule has 0 radical (unpaired) electrons. The van der Waals surface area contributed by atoms with E-state index in [0.29, 0.717) is 5.41 Å². The third-order valence-electron chi connectivity index (χ3n) is 7.85. The van der Waals surface area contributed by atoms with Gasteiger partial charge in [0, 0.05) is 49.6 Å². The molecule has 3 aliphatic heterocycles. The molecule has 4 heterocycles.